The minimum atomic E-state index is -1.35. The number of carbonyl (C=O) groups excluding carboxylic acids is 2. The van der Waals surface area contributed by atoms with Crippen molar-refractivity contribution in [1.82, 2.24) is 5.32 Å². The summed E-state index contributed by atoms with van der Waals surface area (Å²) in [6.45, 7) is 9.16. The van der Waals surface area contributed by atoms with Crippen LogP contribution >= 0.6 is 0 Å². The highest BCUT2D eigenvalue weighted by atomic mass is 16.9. The predicted molar refractivity (Wildman–Crippen MR) is 78.6 cm³/mol. The third kappa shape index (κ3) is 3.59. The monoisotopic (exact) mass is 315 g/mol. The van der Waals surface area contributed by atoms with E-state index in [1.54, 1.807) is 13.8 Å². The molecule has 1 aliphatic rings. The van der Waals surface area contributed by atoms with Crippen molar-refractivity contribution in [2.24, 2.45) is 5.92 Å². The van der Waals surface area contributed by atoms with Gasteiger partial charge in [0.15, 0.2) is 0 Å². The molecular weight excluding hydrogens is 290 g/mol. The number of methoxy groups -OCH3 is 1. The van der Waals surface area contributed by atoms with Gasteiger partial charge in [-0.2, -0.15) is 0 Å². The normalized spacial score (nSPS) is 23.7. The first-order chi connectivity index (χ1) is 10.3. The lowest BCUT2D eigenvalue weighted by Crippen LogP contribution is -2.58. The number of hydrogen-bond acceptors (Lipinski definition) is 6. The zero-order valence-corrected chi connectivity index (χ0v) is 14.0. The molecule has 2 atom stereocenters. The fraction of sp³-hybridized carbons (Fsp3) is 0.733. The van der Waals surface area contributed by atoms with Crippen LogP contribution in [-0.4, -0.2) is 44.2 Å². The van der Waals surface area contributed by atoms with E-state index in [-0.39, 0.29) is 11.5 Å². The smallest absolute Gasteiger partial charge is 0.339 e. The van der Waals surface area contributed by atoms with Crippen molar-refractivity contribution in [2.75, 3.05) is 20.3 Å². The van der Waals surface area contributed by atoms with E-state index >= 15 is 0 Å². The summed E-state index contributed by atoms with van der Waals surface area (Å²) in [5, 5.41) is 2.76. The molecule has 0 aliphatic carbocycles. The van der Waals surface area contributed by atoms with Crippen molar-refractivity contribution < 1.29 is 28.5 Å². The van der Waals surface area contributed by atoms with Crippen LogP contribution in [0.2, 0.25) is 0 Å². The first kappa shape index (κ1) is 18.4. The topological polar surface area (TPSA) is 83.1 Å². The Morgan fingerprint density at radius 2 is 1.82 bits per heavy atom. The van der Waals surface area contributed by atoms with E-state index in [1.165, 1.54) is 14.0 Å². The summed E-state index contributed by atoms with van der Waals surface area (Å²) in [7, 11) is 1.28. The van der Waals surface area contributed by atoms with Gasteiger partial charge < -0.3 is 24.3 Å². The quantitative estimate of drug-likeness (QED) is 0.588. The molecule has 22 heavy (non-hydrogen) atoms. The molecular formula is C15H25NO6. The Bertz CT molecular complexity index is 453. The number of esters is 1. The summed E-state index contributed by atoms with van der Waals surface area (Å²) in [6.07, 6.45) is 0. The second-order valence-electron chi connectivity index (χ2n) is 5.00. The number of carbonyl (C=O) groups is 2. The van der Waals surface area contributed by atoms with Gasteiger partial charge in [-0.15, -0.1) is 0 Å². The largest absolute Gasteiger partial charge is 0.466 e. The number of hydrogen-bond donors (Lipinski definition) is 1. The number of nitrogens with one attached hydrogen (secondary N) is 1. The minimum Gasteiger partial charge on any atom is -0.466 e. The lowest BCUT2D eigenvalue weighted by atomic mass is 9.88. The maximum atomic E-state index is 12.0. The highest BCUT2D eigenvalue weighted by Crippen LogP contribution is 2.39. The molecule has 126 valence electrons. The number of ether oxygens (including phenoxy) is 4. The fourth-order valence-corrected chi connectivity index (χ4v) is 2.60. The van der Waals surface area contributed by atoms with E-state index in [0.29, 0.717) is 19.0 Å². The summed E-state index contributed by atoms with van der Waals surface area (Å²) >= 11 is 0. The molecule has 0 unspecified atom stereocenters. The van der Waals surface area contributed by atoms with Gasteiger partial charge in [-0.05, 0) is 20.8 Å². The van der Waals surface area contributed by atoms with Crippen molar-refractivity contribution in [3.05, 3.63) is 11.3 Å². The Hall–Kier alpha value is -1.60. The highest BCUT2D eigenvalue weighted by Gasteiger charge is 2.52. The molecule has 1 rings (SSSR count). The average Bonchev–Trinajstić information content (AvgIpc) is 2.44. The average molecular weight is 315 g/mol. The van der Waals surface area contributed by atoms with Crippen molar-refractivity contribution >= 4 is 11.9 Å². The molecule has 1 aliphatic heterocycles. The highest BCUT2D eigenvalue weighted by molar-refractivity contribution is 5.91. The third-order valence-corrected chi connectivity index (χ3v) is 3.50. The molecule has 1 N–H and O–H groups in total. The molecule has 0 saturated heterocycles. The summed E-state index contributed by atoms with van der Waals surface area (Å²) in [4.78, 5) is 23.6. The van der Waals surface area contributed by atoms with E-state index in [9.17, 15) is 9.59 Å². The molecule has 0 fully saturated rings. The zero-order chi connectivity index (χ0) is 16.9. The molecule has 0 bridgehead atoms. The van der Waals surface area contributed by atoms with Gasteiger partial charge in [-0.3, -0.25) is 4.79 Å². The fourth-order valence-electron chi connectivity index (χ4n) is 2.60. The van der Waals surface area contributed by atoms with Crippen LogP contribution in [0.1, 0.15) is 34.6 Å². The predicted octanol–water partition coefficient (Wildman–Crippen LogP) is 1.33. The van der Waals surface area contributed by atoms with Crippen LogP contribution in [0.25, 0.3) is 0 Å². The Morgan fingerprint density at radius 3 is 2.23 bits per heavy atom. The molecule has 1 heterocycles. The summed E-state index contributed by atoms with van der Waals surface area (Å²) < 4.78 is 22.0. The van der Waals surface area contributed by atoms with Crippen molar-refractivity contribution in [1.29, 1.82) is 0 Å². The van der Waals surface area contributed by atoms with Gasteiger partial charge in [0.05, 0.1) is 37.9 Å². The molecule has 0 aromatic carbocycles. The van der Waals surface area contributed by atoms with Gasteiger partial charge in [0.2, 0.25) is 5.91 Å². The van der Waals surface area contributed by atoms with Crippen LogP contribution in [0.3, 0.4) is 0 Å². The Labute approximate surface area is 130 Å². The zero-order valence-electron chi connectivity index (χ0n) is 14.0. The van der Waals surface area contributed by atoms with Gasteiger partial charge in [0, 0.05) is 6.92 Å². The molecule has 0 spiro atoms. The molecule has 7 heteroatoms. The van der Waals surface area contributed by atoms with Crippen LogP contribution in [-0.2, 0) is 28.5 Å². The van der Waals surface area contributed by atoms with Crippen LogP contribution in [0.5, 0.6) is 0 Å². The van der Waals surface area contributed by atoms with Gasteiger partial charge in [0.25, 0.3) is 0 Å². The first-order valence-electron chi connectivity index (χ1n) is 7.36. The number of rotatable bonds is 6. The van der Waals surface area contributed by atoms with Gasteiger partial charge in [-0.25, -0.2) is 4.79 Å². The minimum absolute atomic E-state index is 0.264. The standard InChI is InChI=1S/C15H25NO6/c1-7-20-15(21-8-2)9(3)13(16-11(5)17)12(10(4)22-15)14(18)19-6/h9,13H,7-8H2,1-6H3,(H,16,17)/t9-,13-/m1/s1. The summed E-state index contributed by atoms with van der Waals surface area (Å²) in [6, 6.07) is -0.628. The van der Waals surface area contributed by atoms with E-state index in [4.69, 9.17) is 18.9 Å². The number of allylic oxidation sites excluding steroid dienone is 1. The summed E-state index contributed by atoms with van der Waals surface area (Å²) in [5.41, 5.74) is 0.264. The van der Waals surface area contributed by atoms with Crippen molar-refractivity contribution in [3.8, 4) is 0 Å². The van der Waals surface area contributed by atoms with Gasteiger partial charge in [0.1, 0.15) is 5.76 Å². The molecule has 0 aromatic rings. The second-order valence-corrected chi connectivity index (χ2v) is 5.00. The Balaban J connectivity index is 3.34. The lowest BCUT2D eigenvalue weighted by Gasteiger charge is -2.45. The van der Waals surface area contributed by atoms with E-state index < -0.39 is 23.9 Å². The van der Waals surface area contributed by atoms with Crippen LogP contribution in [0.15, 0.2) is 11.3 Å². The number of amides is 1. The van der Waals surface area contributed by atoms with E-state index in [1.807, 2.05) is 13.8 Å². The molecule has 1 amide bonds. The molecule has 0 saturated carbocycles. The molecule has 7 nitrogen and oxygen atoms in total. The molecule has 0 aromatic heterocycles. The van der Waals surface area contributed by atoms with Crippen LogP contribution in [0.4, 0.5) is 0 Å². The Morgan fingerprint density at radius 1 is 1.27 bits per heavy atom. The SMILES string of the molecule is CCOC1(OCC)OC(C)=C(C(=O)OC)[C@H](NC(C)=O)[C@H]1C. The Kier molecular flexibility index (Phi) is 6.37. The first-order valence-corrected chi connectivity index (χ1v) is 7.36. The van der Waals surface area contributed by atoms with Crippen LogP contribution < -0.4 is 5.32 Å². The van der Waals surface area contributed by atoms with Gasteiger partial charge >= 0.3 is 11.9 Å². The van der Waals surface area contributed by atoms with Crippen LogP contribution in [0, 0.1) is 5.92 Å². The maximum Gasteiger partial charge on any atom is 0.339 e. The van der Waals surface area contributed by atoms with E-state index in [2.05, 4.69) is 5.32 Å². The van der Waals surface area contributed by atoms with Gasteiger partial charge in [-0.1, -0.05) is 6.92 Å². The van der Waals surface area contributed by atoms with Crippen molar-refractivity contribution in [2.45, 2.75) is 46.6 Å². The van der Waals surface area contributed by atoms with Crippen molar-refractivity contribution in [3.63, 3.8) is 0 Å². The summed E-state index contributed by atoms with van der Waals surface area (Å²) in [5.74, 6) is -2.31. The second kappa shape index (κ2) is 7.60. The molecule has 0 radical (unpaired) electrons. The maximum absolute atomic E-state index is 12.0. The lowest BCUT2D eigenvalue weighted by molar-refractivity contribution is -0.394. The third-order valence-electron chi connectivity index (χ3n) is 3.50. The van der Waals surface area contributed by atoms with E-state index in [0.717, 1.165) is 0 Å².